The number of rotatable bonds is 1. The van der Waals surface area contributed by atoms with Crippen LogP contribution in [0.25, 0.3) is 5.69 Å². The summed E-state index contributed by atoms with van der Waals surface area (Å²) in [7, 11) is 0. The molecular weight excluding hydrogens is 248 g/mol. The van der Waals surface area contributed by atoms with Crippen LogP contribution in [0.2, 0.25) is 0 Å². The maximum Gasteiger partial charge on any atom is 0.365 e. The number of nitrogens with one attached hydrogen (secondary N) is 1. The molecule has 0 bridgehead atoms. The van der Waals surface area contributed by atoms with Gasteiger partial charge in [0.25, 0.3) is 0 Å². The van der Waals surface area contributed by atoms with Gasteiger partial charge in [-0.3, -0.25) is 0 Å². The van der Waals surface area contributed by atoms with E-state index in [-0.39, 0.29) is 5.69 Å². The van der Waals surface area contributed by atoms with Gasteiger partial charge in [-0.1, -0.05) is 15.9 Å². The highest BCUT2D eigenvalue weighted by Crippen LogP contribution is 2.17. The van der Waals surface area contributed by atoms with Crippen molar-refractivity contribution >= 4 is 15.9 Å². The van der Waals surface area contributed by atoms with Crippen molar-refractivity contribution in [3.8, 4) is 5.69 Å². The summed E-state index contributed by atoms with van der Waals surface area (Å²) in [6, 6.07) is 5.51. The molecule has 0 fully saturated rings. The molecule has 0 aliphatic carbocycles. The second kappa shape index (κ2) is 3.38. The van der Waals surface area contributed by atoms with Crippen molar-refractivity contribution in [3.05, 3.63) is 38.7 Å². The van der Waals surface area contributed by atoms with Crippen LogP contribution in [-0.2, 0) is 0 Å². The first-order valence-electron chi connectivity index (χ1n) is 3.95. The molecule has 0 saturated carbocycles. The predicted molar refractivity (Wildman–Crippen MR) is 54.4 cm³/mol. The Morgan fingerprint density at radius 3 is 2.86 bits per heavy atom. The average Bonchev–Trinajstić information content (AvgIpc) is 2.57. The maximum absolute atomic E-state index is 11.2. The van der Waals surface area contributed by atoms with Gasteiger partial charge in [0, 0.05) is 4.47 Å². The molecule has 72 valence electrons. The number of nitrogens with zero attached hydrogens (tertiary/aromatic N) is 3. The number of hydrogen-bond acceptors (Lipinski definition) is 3. The fourth-order valence-corrected chi connectivity index (χ4v) is 1.37. The second-order valence-electron chi connectivity index (χ2n) is 2.85. The molecule has 14 heavy (non-hydrogen) atoms. The number of halogens is 1. The van der Waals surface area contributed by atoms with Crippen molar-refractivity contribution in [1.29, 1.82) is 0 Å². The highest BCUT2D eigenvalue weighted by molar-refractivity contribution is 9.10. The van der Waals surface area contributed by atoms with Crippen LogP contribution in [0.5, 0.6) is 0 Å². The van der Waals surface area contributed by atoms with E-state index in [1.54, 1.807) is 6.07 Å². The average molecular weight is 255 g/mol. The lowest BCUT2D eigenvalue weighted by Crippen LogP contribution is -2.15. The number of aryl methyl sites for hydroxylation is 1. The van der Waals surface area contributed by atoms with Gasteiger partial charge < -0.3 is 0 Å². The molecule has 1 aromatic heterocycles. The molecule has 0 amide bonds. The molecule has 0 atom stereocenters. The lowest BCUT2D eigenvalue weighted by atomic mass is 10.2. The van der Waals surface area contributed by atoms with Crippen LogP contribution in [0.15, 0.2) is 27.5 Å². The second-order valence-corrected chi connectivity index (χ2v) is 3.71. The summed E-state index contributed by atoms with van der Waals surface area (Å²) in [6.07, 6.45) is 0. The molecule has 0 aliphatic heterocycles. The molecule has 0 spiro atoms. The smallest absolute Gasteiger partial charge is 0.244 e. The van der Waals surface area contributed by atoms with E-state index in [1.807, 2.05) is 19.1 Å². The largest absolute Gasteiger partial charge is 0.365 e. The van der Waals surface area contributed by atoms with Gasteiger partial charge in [-0.15, -0.1) is 0 Å². The minimum absolute atomic E-state index is 0.341. The molecule has 0 unspecified atom stereocenters. The molecule has 0 radical (unpaired) electrons. The maximum atomic E-state index is 11.2. The van der Waals surface area contributed by atoms with Gasteiger partial charge in [0.15, 0.2) is 0 Å². The normalized spacial score (nSPS) is 10.4. The van der Waals surface area contributed by atoms with Gasteiger partial charge in [0.1, 0.15) is 0 Å². The standard InChI is InChI=1S/C8H7BrN4O/c1-5-4-6(2-3-7(5)9)13-8(14)10-11-12-13/h2-4H,1H3,(H,10,12,14). The van der Waals surface area contributed by atoms with E-state index in [2.05, 4.69) is 31.5 Å². The van der Waals surface area contributed by atoms with E-state index in [1.165, 1.54) is 4.68 Å². The van der Waals surface area contributed by atoms with E-state index in [0.717, 1.165) is 10.0 Å². The Morgan fingerprint density at radius 2 is 2.29 bits per heavy atom. The van der Waals surface area contributed by atoms with E-state index < -0.39 is 0 Å². The minimum atomic E-state index is -0.341. The van der Waals surface area contributed by atoms with Crippen molar-refractivity contribution in [2.24, 2.45) is 0 Å². The van der Waals surface area contributed by atoms with Gasteiger partial charge in [-0.05, 0) is 41.1 Å². The molecule has 1 N–H and O–H groups in total. The number of benzene rings is 1. The van der Waals surface area contributed by atoms with E-state index in [4.69, 9.17) is 0 Å². The molecule has 0 saturated heterocycles. The zero-order valence-electron chi connectivity index (χ0n) is 7.36. The van der Waals surface area contributed by atoms with E-state index in [0.29, 0.717) is 5.69 Å². The zero-order chi connectivity index (χ0) is 10.1. The van der Waals surface area contributed by atoms with E-state index in [9.17, 15) is 4.79 Å². The van der Waals surface area contributed by atoms with Crippen molar-refractivity contribution in [2.45, 2.75) is 6.92 Å². The van der Waals surface area contributed by atoms with Crippen LogP contribution in [0.4, 0.5) is 0 Å². The van der Waals surface area contributed by atoms with Crippen molar-refractivity contribution in [1.82, 2.24) is 20.2 Å². The fraction of sp³-hybridized carbons (Fsp3) is 0.125. The first kappa shape index (κ1) is 9.14. The fourth-order valence-electron chi connectivity index (χ4n) is 1.13. The molecule has 6 heteroatoms. The zero-order valence-corrected chi connectivity index (χ0v) is 8.95. The summed E-state index contributed by atoms with van der Waals surface area (Å²) in [5.74, 6) is 0. The third-order valence-electron chi connectivity index (χ3n) is 1.86. The van der Waals surface area contributed by atoms with Crippen LogP contribution in [0.3, 0.4) is 0 Å². The summed E-state index contributed by atoms with van der Waals surface area (Å²) in [4.78, 5) is 11.2. The van der Waals surface area contributed by atoms with Crippen LogP contribution in [0, 0.1) is 6.92 Å². The minimum Gasteiger partial charge on any atom is -0.244 e. The Morgan fingerprint density at radius 1 is 1.50 bits per heavy atom. The number of aromatic amines is 1. The molecule has 1 aromatic carbocycles. The number of tetrazole rings is 1. The van der Waals surface area contributed by atoms with Gasteiger partial charge in [0.2, 0.25) is 0 Å². The Hall–Kier alpha value is -1.43. The summed E-state index contributed by atoms with van der Waals surface area (Å²) in [5.41, 5.74) is 1.40. The van der Waals surface area contributed by atoms with Crippen molar-refractivity contribution in [3.63, 3.8) is 0 Å². The first-order chi connectivity index (χ1) is 6.68. The first-order valence-corrected chi connectivity index (χ1v) is 4.74. The summed E-state index contributed by atoms with van der Waals surface area (Å²) < 4.78 is 2.21. The van der Waals surface area contributed by atoms with Crippen molar-refractivity contribution in [2.75, 3.05) is 0 Å². The Kier molecular flexibility index (Phi) is 2.20. The summed E-state index contributed by atoms with van der Waals surface area (Å²) in [5, 5.41) is 9.29. The van der Waals surface area contributed by atoms with Crippen molar-refractivity contribution < 1.29 is 0 Å². The van der Waals surface area contributed by atoms with Crippen LogP contribution in [-0.4, -0.2) is 20.2 Å². The summed E-state index contributed by atoms with van der Waals surface area (Å²) in [6.45, 7) is 1.94. The monoisotopic (exact) mass is 254 g/mol. The lowest BCUT2D eigenvalue weighted by Gasteiger charge is -2.01. The lowest BCUT2D eigenvalue weighted by molar-refractivity contribution is 0.779. The predicted octanol–water partition coefficient (Wildman–Crippen LogP) is 1.03. The topological polar surface area (TPSA) is 63.6 Å². The number of H-pyrrole nitrogens is 1. The highest BCUT2D eigenvalue weighted by atomic mass is 79.9. The summed E-state index contributed by atoms with van der Waals surface area (Å²) >= 11 is 3.38. The van der Waals surface area contributed by atoms with Crippen LogP contribution >= 0.6 is 15.9 Å². The Labute approximate surface area is 87.9 Å². The quantitative estimate of drug-likeness (QED) is 0.827. The third kappa shape index (κ3) is 1.48. The molecule has 1 heterocycles. The highest BCUT2D eigenvalue weighted by Gasteiger charge is 2.03. The number of aromatic nitrogens is 4. The van der Waals surface area contributed by atoms with Gasteiger partial charge in [-0.2, -0.15) is 4.68 Å². The molecule has 5 nitrogen and oxygen atoms in total. The molecule has 0 aliphatic rings. The van der Waals surface area contributed by atoms with E-state index >= 15 is 0 Å². The molecule has 2 aromatic rings. The third-order valence-corrected chi connectivity index (χ3v) is 2.75. The van der Waals surface area contributed by atoms with Gasteiger partial charge in [-0.25, -0.2) is 9.89 Å². The van der Waals surface area contributed by atoms with Crippen LogP contribution < -0.4 is 5.69 Å². The van der Waals surface area contributed by atoms with Crippen LogP contribution in [0.1, 0.15) is 5.56 Å². The van der Waals surface area contributed by atoms with Gasteiger partial charge >= 0.3 is 5.69 Å². The molecular formula is C8H7BrN4O. The molecule has 2 rings (SSSR count). The Balaban J connectivity index is 2.59. The Bertz CT molecular complexity index is 516. The SMILES string of the molecule is Cc1cc(-n2nn[nH]c2=O)ccc1Br. The van der Waals surface area contributed by atoms with Gasteiger partial charge in [0.05, 0.1) is 5.69 Å². The number of hydrogen-bond donors (Lipinski definition) is 1.